The summed E-state index contributed by atoms with van der Waals surface area (Å²) < 4.78 is 0. The van der Waals surface area contributed by atoms with Crippen molar-refractivity contribution in [1.82, 2.24) is 10.3 Å². The number of aliphatic carboxylic acids is 1. The number of thioether (sulfide) groups is 1. The molecule has 0 amide bonds. The second kappa shape index (κ2) is 18.0. The van der Waals surface area contributed by atoms with Crippen LogP contribution in [0.15, 0.2) is 78.9 Å². The van der Waals surface area contributed by atoms with Crippen molar-refractivity contribution in [1.29, 1.82) is 0 Å². The number of benzene rings is 3. The average Bonchev–Trinajstić information content (AvgIpc) is 3.82. The minimum absolute atomic E-state index is 0.0814. The van der Waals surface area contributed by atoms with E-state index in [4.69, 9.17) is 16.6 Å². The fourth-order valence-electron chi connectivity index (χ4n) is 5.84. The molecule has 0 bridgehead atoms. The lowest BCUT2D eigenvalue weighted by Crippen LogP contribution is -2.18. The summed E-state index contributed by atoms with van der Waals surface area (Å²) in [6, 6.07) is 26.5. The number of aryl methyl sites for hydroxylation is 1. The molecule has 1 atom stereocenters. The van der Waals surface area contributed by atoms with Crippen LogP contribution in [0.3, 0.4) is 0 Å². The van der Waals surface area contributed by atoms with Gasteiger partial charge in [-0.05, 0) is 117 Å². The third kappa shape index (κ3) is 11.8. The lowest BCUT2D eigenvalue weighted by Gasteiger charge is -2.24. The van der Waals surface area contributed by atoms with E-state index in [1.54, 1.807) is 0 Å². The Labute approximate surface area is 296 Å². The van der Waals surface area contributed by atoms with E-state index < -0.39 is 11.6 Å². The molecule has 1 aliphatic rings. The molecule has 256 valence electrons. The van der Waals surface area contributed by atoms with Gasteiger partial charge in [0.25, 0.3) is 0 Å². The monoisotopic (exact) mass is 686 g/mol. The Kier molecular flexibility index (Phi) is 14.1. The van der Waals surface area contributed by atoms with Crippen LogP contribution in [0.25, 0.3) is 23.1 Å². The fraction of sp³-hybridized carbons (Fsp3) is 0.415. The number of nitrogens with zero attached hydrogens (tertiary/aromatic N) is 1. The number of aromatic nitrogens is 1. The normalized spacial score (nSPS) is 14.5. The molecule has 1 aliphatic carbocycles. The summed E-state index contributed by atoms with van der Waals surface area (Å²) in [5, 5.41) is 25.4. The third-order valence-corrected chi connectivity index (χ3v) is 10.6. The highest BCUT2D eigenvalue weighted by Crippen LogP contribution is 2.53. The Balaban J connectivity index is 0.000000671. The van der Waals surface area contributed by atoms with Crippen LogP contribution in [0.4, 0.5) is 0 Å². The quantitative estimate of drug-likeness (QED) is 0.102. The number of carbonyl (C=O) groups is 1. The van der Waals surface area contributed by atoms with E-state index in [1.165, 1.54) is 31.5 Å². The van der Waals surface area contributed by atoms with Gasteiger partial charge in [0, 0.05) is 21.4 Å². The molecule has 7 heteroatoms. The van der Waals surface area contributed by atoms with Gasteiger partial charge in [0.15, 0.2) is 0 Å². The SMILES string of the molecule is CC(C)(O)c1ccccc1CC[C@@H](SCC1(CC(=O)O)CC1)c1cccc(/C=C/c2ccc3ccc(Cl)cc3n2)c1.CCCNCCC. The molecule has 5 rings (SSSR count). The van der Waals surface area contributed by atoms with Crippen molar-refractivity contribution in [2.45, 2.75) is 83.5 Å². The molecule has 1 aromatic heterocycles. The Morgan fingerprint density at radius 2 is 1.73 bits per heavy atom. The van der Waals surface area contributed by atoms with Gasteiger partial charge >= 0.3 is 5.97 Å². The Morgan fingerprint density at radius 1 is 1.00 bits per heavy atom. The molecule has 0 radical (unpaired) electrons. The van der Waals surface area contributed by atoms with Crippen LogP contribution in [0.1, 0.15) is 99.4 Å². The minimum atomic E-state index is -0.911. The van der Waals surface area contributed by atoms with Gasteiger partial charge in [0.2, 0.25) is 0 Å². The third-order valence-electron chi connectivity index (χ3n) is 8.68. The average molecular weight is 687 g/mol. The van der Waals surface area contributed by atoms with Gasteiger partial charge < -0.3 is 15.5 Å². The number of fused-ring (bicyclic) bond motifs is 1. The first kappa shape index (κ1) is 37.7. The van der Waals surface area contributed by atoms with Gasteiger partial charge in [0.05, 0.1) is 23.2 Å². The van der Waals surface area contributed by atoms with Crippen molar-refractivity contribution < 1.29 is 15.0 Å². The Morgan fingerprint density at radius 3 is 2.42 bits per heavy atom. The number of hydrogen-bond donors (Lipinski definition) is 3. The largest absolute Gasteiger partial charge is 0.481 e. The molecule has 1 saturated carbocycles. The van der Waals surface area contributed by atoms with E-state index in [0.717, 1.165) is 64.7 Å². The first-order chi connectivity index (χ1) is 23.0. The standard InChI is InChI=1S/C35H36ClNO3S.C6H15N/c1-34(2,40)30-9-4-3-7-25(30)13-17-32(41-23-35(18-19-35)22-33(38)39)27-8-5-6-24(20-27)10-15-29-16-12-26-11-14-28(36)21-31(26)37-29;1-3-5-7-6-4-2/h3-12,14-16,20-21,32,40H,13,17-19,22-23H2,1-2H3,(H,38,39);7H,3-6H2,1-2H3/b15-10+;/t32-;/m1./s1. The second-order valence-electron chi connectivity index (χ2n) is 13.5. The van der Waals surface area contributed by atoms with E-state index >= 15 is 0 Å². The van der Waals surface area contributed by atoms with Crippen molar-refractivity contribution in [3.63, 3.8) is 0 Å². The van der Waals surface area contributed by atoms with Crippen LogP contribution < -0.4 is 5.32 Å². The first-order valence-electron chi connectivity index (χ1n) is 17.2. The predicted molar refractivity (Wildman–Crippen MR) is 205 cm³/mol. The summed E-state index contributed by atoms with van der Waals surface area (Å²) >= 11 is 8.04. The highest BCUT2D eigenvalue weighted by atomic mass is 35.5. The van der Waals surface area contributed by atoms with Crippen molar-refractivity contribution in [2.24, 2.45) is 5.41 Å². The van der Waals surface area contributed by atoms with Crippen LogP contribution in [0.5, 0.6) is 0 Å². The van der Waals surface area contributed by atoms with Crippen LogP contribution in [-0.4, -0.2) is 40.0 Å². The van der Waals surface area contributed by atoms with Gasteiger partial charge in [-0.15, -0.1) is 0 Å². The van der Waals surface area contributed by atoms with Crippen LogP contribution >= 0.6 is 23.4 Å². The number of aliphatic hydroxyl groups is 1. The fourth-order valence-corrected chi connectivity index (χ4v) is 7.57. The maximum Gasteiger partial charge on any atom is 0.303 e. The van der Waals surface area contributed by atoms with Crippen LogP contribution in [0.2, 0.25) is 5.02 Å². The number of rotatable bonds is 16. The lowest BCUT2D eigenvalue weighted by molar-refractivity contribution is -0.138. The van der Waals surface area contributed by atoms with Gasteiger partial charge in [-0.3, -0.25) is 4.79 Å². The van der Waals surface area contributed by atoms with Crippen LogP contribution in [0, 0.1) is 5.41 Å². The van der Waals surface area contributed by atoms with Crippen molar-refractivity contribution in [3.8, 4) is 0 Å². The molecule has 1 fully saturated rings. The first-order valence-corrected chi connectivity index (χ1v) is 18.6. The molecule has 1 heterocycles. The summed E-state index contributed by atoms with van der Waals surface area (Å²) in [5.74, 6) is 0.122. The summed E-state index contributed by atoms with van der Waals surface area (Å²) in [4.78, 5) is 16.2. The molecular weight excluding hydrogens is 636 g/mol. The van der Waals surface area contributed by atoms with Crippen LogP contribution in [-0.2, 0) is 16.8 Å². The highest BCUT2D eigenvalue weighted by molar-refractivity contribution is 7.99. The predicted octanol–water partition coefficient (Wildman–Crippen LogP) is 10.3. The van der Waals surface area contributed by atoms with E-state index in [1.807, 2.05) is 74.1 Å². The van der Waals surface area contributed by atoms with Crippen molar-refractivity contribution in [2.75, 3.05) is 18.8 Å². The second-order valence-corrected chi connectivity index (χ2v) is 15.1. The topological polar surface area (TPSA) is 82.5 Å². The maximum absolute atomic E-state index is 11.5. The van der Waals surface area contributed by atoms with Gasteiger partial charge in [-0.2, -0.15) is 11.8 Å². The Bertz CT molecular complexity index is 1660. The zero-order chi connectivity index (χ0) is 34.6. The zero-order valence-electron chi connectivity index (χ0n) is 28.8. The zero-order valence-corrected chi connectivity index (χ0v) is 30.4. The molecular formula is C41H51ClN2O3S. The smallest absolute Gasteiger partial charge is 0.303 e. The van der Waals surface area contributed by atoms with Gasteiger partial charge in [0.1, 0.15) is 0 Å². The molecule has 0 unspecified atom stereocenters. The number of carboxylic acid groups (broad SMARTS) is 1. The number of halogens is 1. The summed E-state index contributed by atoms with van der Waals surface area (Å²) in [6.45, 7) is 10.4. The number of pyridine rings is 1. The Hall–Kier alpha value is -3.16. The summed E-state index contributed by atoms with van der Waals surface area (Å²) in [5.41, 5.74) is 5.15. The molecule has 0 saturated heterocycles. The molecule has 3 aromatic carbocycles. The summed E-state index contributed by atoms with van der Waals surface area (Å²) in [6.07, 6.45) is 10.5. The molecule has 5 nitrogen and oxygen atoms in total. The molecule has 48 heavy (non-hydrogen) atoms. The highest BCUT2D eigenvalue weighted by Gasteiger charge is 2.44. The van der Waals surface area contributed by atoms with E-state index in [-0.39, 0.29) is 17.1 Å². The van der Waals surface area contributed by atoms with E-state index in [0.29, 0.717) is 5.02 Å². The molecule has 4 aromatic rings. The van der Waals surface area contributed by atoms with E-state index in [2.05, 4.69) is 61.6 Å². The van der Waals surface area contributed by atoms with Gasteiger partial charge in [-0.1, -0.05) is 92.2 Å². The molecule has 0 spiro atoms. The number of carboxylic acids is 1. The molecule has 0 aliphatic heterocycles. The summed E-state index contributed by atoms with van der Waals surface area (Å²) in [7, 11) is 0. The van der Waals surface area contributed by atoms with E-state index in [9.17, 15) is 15.0 Å². The number of hydrogen-bond acceptors (Lipinski definition) is 5. The lowest BCUT2D eigenvalue weighted by atomic mass is 9.90. The van der Waals surface area contributed by atoms with Crippen molar-refractivity contribution >= 4 is 52.4 Å². The molecule has 3 N–H and O–H groups in total. The van der Waals surface area contributed by atoms with Gasteiger partial charge in [-0.25, -0.2) is 4.98 Å². The maximum atomic E-state index is 11.5. The number of nitrogens with one attached hydrogen (secondary N) is 1. The minimum Gasteiger partial charge on any atom is -0.481 e. The van der Waals surface area contributed by atoms with Crippen molar-refractivity contribution in [3.05, 3.63) is 112 Å².